The zero-order chi connectivity index (χ0) is 18.5. The number of hydrogen-bond donors (Lipinski definition) is 1. The number of carbonyl (C=O) groups is 2. The standard InChI is InChI=1S/C19H17N5O2/c1-13-9-11-24(23-13)15-7-5-14(6-8-15)18(25)16(12-20)19(26)22-17-4-2-3-10-21-17/h2-8,10,16H,9,11H2,1H3,(H,21,22,26)/t16-/m0/s1. The minimum atomic E-state index is -1.44. The van der Waals surface area contributed by atoms with Crippen LogP contribution < -0.4 is 10.3 Å². The van der Waals surface area contributed by atoms with Gasteiger partial charge in [0.15, 0.2) is 11.7 Å². The summed E-state index contributed by atoms with van der Waals surface area (Å²) in [6.45, 7) is 2.77. The van der Waals surface area contributed by atoms with Gasteiger partial charge in [-0.1, -0.05) is 6.07 Å². The number of nitrogens with zero attached hydrogens (tertiary/aromatic N) is 4. The van der Waals surface area contributed by atoms with Gasteiger partial charge in [0.05, 0.1) is 11.8 Å². The Morgan fingerprint density at radius 2 is 2.00 bits per heavy atom. The maximum absolute atomic E-state index is 12.5. The highest BCUT2D eigenvalue weighted by molar-refractivity contribution is 6.15. The number of Topliss-reactive ketones (excluding diaryl/α,β-unsaturated/α-hetero) is 1. The molecule has 1 aliphatic rings. The molecule has 0 saturated carbocycles. The third kappa shape index (κ3) is 3.75. The number of carbonyl (C=O) groups excluding carboxylic acids is 2. The molecule has 1 N–H and O–H groups in total. The summed E-state index contributed by atoms with van der Waals surface area (Å²) in [7, 11) is 0. The monoisotopic (exact) mass is 347 g/mol. The van der Waals surface area contributed by atoms with Crippen LogP contribution in [0.2, 0.25) is 0 Å². The van der Waals surface area contributed by atoms with E-state index < -0.39 is 17.6 Å². The van der Waals surface area contributed by atoms with Gasteiger partial charge in [-0.15, -0.1) is 0 Å². The van der Waals surface area contributed by atoms with E-state index in [2.05, 4.69) is 15.4 Å². The number of nitrogens with one attached hydrogen (secondary N) is 1. The Balaban J connectivity index is 1.72. The first kappa shape index (κ1) is 17.3. The second-order valence-corrected chi connectivity index (χ2v) is 5.89. The molecule has 2 aromatic rings. The van der Waals surface area contributed by atoms with Crippen molar-refractivity contribution in [1.82, 2.24) is 4.98 Å². The van der Waals surface area contributed by atoms with Gasteiger partial charge in [-0.3, -0.25) is 14.6 Å². The number of hydrogen-bond acceptors (Lipinski definition) is 6. The summed E-state index contributed by atoms with van der Waals surface area (Å²) >= 11 is 0. The van der Waals surface area contributed by atoms with Gasteiger partial charge in [0.2, 0.25) is 0 Å². The third-order valence-electron chi connectivity index (χ3n) is 4.00. The summed E-state index contributed by atoms with van der Waals surface area (Å²) in [4.78, 5) is 28.8. The normalized spacial score (nSPS) is 14.3. The van der Waals surface area contributed by atoms with Gasteiger partial charge in [0, 0.05) is 30.4 Å². The predicted octanol–water partition coefficient (Wildman–Crippen LogP) is 2.63. The van der Waals surface area contributed by atoms with E-state index in [1.165, 1.54) is 6.20 Å². The molecule has 2 heterocycles. The molecule has 26 heavy (non-hydrogen) atoms. The molecule has 1 aromatic heterocycles. The Morgan fingerprint density at radius 3 is 2.58 bits per heavy atom. The highest BCUT2D eigenvalue weighted by atomic mass is 16.2. The molecule has 130 valence electrons. The van der Waals surface area contributed by atoms with Crippen LogP contribution >= 0.6 is 0 Å². The molecule has 7 heteroatoms. The quantitative estimate of drug-likeness (QED) is 0.662. The molecule has 0 saturated heterocycles. The summed E-state index contributed by atoms with van der Waals surface area (Å²) in [5.74, 6) is -2.38. The van der Waals surface area contributed by atoms with Gasteiger partial charge in [-0.05, 0) is 43.3 Å². The molecular formula is C19H17N5O2. The van der Waals surface area contributed by atoms with Crippen LogP contribution in [-0.2, 0) is 4.79 Å². The van der Waals surface area contributed by atoms with E-state index in [-0.39, 0.29) is 0 Å². The van der Waals surface area contributed by atoms with Crippen molar-refractivity contribution in [3.05, 3.63) is 54.2 Å². The number of nitriles is 1. The van der Waals surface area contributed by atoms with Crippen LogP contribution in [-0.4, -0.2) is 28.9 Å². The minimum absolute atomic E-state index is 0.295. The van der Waals surface area contributed by atoms with Gasteiger partial charge >= 0.3 is 0 Å². The molecule has 1 amide bonds. The van der Waals surface area contributed by atoms with Crippen molar-refractivity contribution in [3.63, 3.8) is 0 Å². The van der Waals surface area contributed by atoms with Crippen molar-refractivity contribution in [2.24, 2.45) is 11.0 Å². The van der Waals surface area contributed by atoms with Crippen LogP contribution in [0.3, 0.4) is 0 Å². The maximum atomic E-state index is 12.5. The summed E-state index contributed by atoms with van der Waals surface area (Å²) in [6.07, 6.45) is 2.42. The lowest BCUT2D eigenvalue weighted by molar-refractivity contribution is -0.117. The topological polar surface area (TPSA) is 98.5 Å². The number of hydrazone groups is 1. The first-order valence-electron chi connectivity index (χ1n) is 8.16. The number of pyridine rings is 1. The van der Waals surface area contributed by atoms with E-state index in [0.717, 1.165) is 24.4 Å². The van der Waals surface area contributed by atoms with Crippen LogP contribution in [0.1, 0.15) is 23.7 Å². The molecular weight excluding hydrogens is 330 g/mol. The van der Waals surface area contributed by atoms with Crippen molar-refractivity contribution in [3.8, 4) is 6.07 Å². The minimum Gasteiger partial charge on any atom is -0.309 e. The number of aromatic nitrogens is 1. The van der Waals surface area contributed by atoms with E-state index in [0.29, 0.717) is 11.4 Å². The van der Waals surface area contributed by atoms with Gasteiger partial charge in [-0.2, -0.15) is 10.4 Å². The second-order valence-electron chi connectivity index (χ2n) is 5.89. The first-order valence-corrected chi connectivity index (χ1v) is 8.16. The Kier molecular flexibility index (Phi) is 5.04. The van der Waals surface area contributed by atoms with Crippen molar-refractivity contribution >= 4 is 28.9 Å². The lowest BCUT2D eigenvalue weighted by atomic mass is 9.98. The lowest BCUT2D eigenvalue weighted by Crippen LogP contribution is -2.29. The van der Waals surface area contributed by atoms with E-state index in [1.807, 2.05) is 11.9 Å². The number of anilines is 2. The second kappa shape index (κ2) is 7.57. The summed E-state index contributed by atoms with van der Waals surface area (Å²) in [5, 5.41) is 18.0. The number of amides is 1. The van der Waals surface area contributed by atoms with Crippen molar-refractivity contribution in [1.29, 1.82) is 5.26 Å². The number of ketones is 1. The van der Waals surface area contributed by atoms with Crippen molar-refractivity contribution < 1.29 is 9.59 Å². The van der Waals surface area contributed by atoms with Crippen LogP contribution in [0.25, 0.3) is 0 Å². The average molecular weight is 347 g/mol. The van der Waals surface area contributed by atoms with Crippen LogP contribution in [0.4, 0.5) is 11.5 Å². The third-order valence-corrected chi connectivity index (χ3v) is 4.00. The highest BCUT2D eigenvalue weighted by Crippen LogP contribution is 2.21. The van der Waals surface area contributed by atoms with Gasteiger partial charge in [-0.25, -0.2) is 4.98 Å². The summed E-state index contributed by atoms with van der Waals surface area (Å²) in [5.41, 5.74) is 2.22. The number of rotatable bonds is 5. The molecule has 0 spiro atoms. The molecule has 0 fully saturated rings. The lowest BCUT2D eigenvalue weighted by Gasteiger charge is -2.14. The molecule has 0 bridgehead atoms. The van der Waals surface area contributed by atoms with Gasteiger partial charge in [0.25, 0.3) is 5.91 Å². The molecule has 0 aliphatic carbocycles. The largest absolute Gasteiger partial charge is 0.309 e. The maximum Gasteiger partial charge on any atom is 0.250 e. The Morgan fingerprint density at radius 1 is 1.23 bits per heavy atom. The summed E-state index contributed by atoms with van der Waals surface area (Å²) < 4.78 is 0. The Hall–Kier alpha value is -3.53. The van der Waals surface area contributed by atoms with Crippen LogP contribution in [0.5, 0.6) is 0 Å². The SMILES string of the molecule is CC1=NN(c2ccc(C(=O)[C@H](C#N)C(=O)Nc3ccccn3)cc2)CC1. The van der Waals surface area contributed by atoms with E-state index in [1.54, 1.807) is 48.5 Å². The molecule has 1 atom stereocenters. The molecule has 1 aromatic carbocycles. The fraction of sp³-hybridized carbons (Fsp3) is 0.211. The van der Waals surface area contributed by atoms with Crippen molar-refractivity contribution in [2.75, 3.05) is 16.9 Å². The van der Waals surface area contributed by atoms with Crippen LogP contribution in [0.15, 0.2) is 53.8 Å². The average Bonchev–Trinajstić information content (AvgIpc) is 3.09. The van der Waals surface area contributed by atoms with E-state index >= 15 is 0 Å². The highest BCUT2D eigenvalue weighted by Gasteiger charge is 2.28. The smallest absolute Gasteiger partial charge is 0.250 e. The Bertz CT molecular complexity index is 884. The Labute approximate surface area is 151 Å². The van der Waals surface area contributed by atoms with Gasteiger partial charge in [0.1, 0.15) is 5.82 Å². The van der Waals surface area contributed by atoms with Crippen molar-refractivity contribution in [2.45, 2.75) is 13.3 Å². The van der Waals surface area contributed by atoms with E-state index in [4.69, 9.17) is 0 Å². The first-order chi connectivity index (χ1) is 12.6. The van der Waals surface area contributed by atoms with Crippen LogP contribution in [0, 0.1) is 17.2 Å². The molecule has 0 radical (unpaired) electrons. The molecule has 0 unspecified atom stereocenters. The van der Waals surface area contributed by atoms with Gasteiger partial charge < -0.3 is 5.32 Å². The van der Waals surface area contributed by atoms with E-state index in [9.17, 15) is 14.9 Å². The fourth-order valence-electron chi connectivity index (χ4n) is 2.60. The molecule has 3 rings (SSSR count). The summed E-state index contributed by atoms with van der Waals surface area (Å²) in [6, 6.07) is 13.5. The predicted molar refractivity (Wildman–Crippen MR) is 97.8 cm³/mol. The molecule has 7 nitrogen and oxygen atoms in total. The number of benzene rings is 1. The zero-order valence-electron chi connectivity index (χ0n) is 14.2. The zero-order valence-corrected chi connectivity index (χ0v) is 14.2. The fourth-order valence-corrected chi connectivity index (χ4v) is 2.60. The molecule has 1 aliphatic heterocycles.